The summed E-state index contributed by atoms with van der Waals surface area (Å²) in [6.45, 7) is 10.00. The van der Waals surface area contributed by atoms with E-state index in [1.807, 2.05) is 0 Å². The Morgan fingerprint density at radius 1 is 1.41 bits per heavy atom. The van der Waals surface area contributed by atoms with Gasteiger partial charge in [0.05, 0.1) is 6.10 Å². The van der Waals surface area contributed by atoms with Crippen LogP contribution >= 0.6 is 0 Å². The van der Waals surface area contributed by atoms with Gasteiger partial charge in [-0.3, -0.25) is 0 Å². The first-order chi connectivity index (χ1) is 7.88. The smallest absolute Gasteiger partial charge is 0.0631 e. The van der Waals surface area contributed by atoms with Crippen molar-refractivity contribution < 1.29 is 5.11 Å². The van der Waals surface area contributed by atoms with E-state index in [1.54, 1.807) is 0 Å². The number of hydrogen-bond donors (Lipinski definition) is 1. The molecule has 0 spiro atoms. The zero-order valence-corrected chi connectivity index (χ0v) is 12.4. The van der Waals surface area contributed by atoms with Crippen LogP contribution in [0, 0.1) is 11.3 Å². The van der Waals surface area contributed by atoms with E-state index in [0.29, 0.717) is 12.0 Å². The van der Waals surface area contributed by atoms with Gasteiger partial charge in [0.2, 0.25) is 0 Å². The van der Waals surface area contributed by atoms with Crippen LogP contribution in [0.1, 0.15) is 59.8 Å². The van der Waals surface area contributed by atoms with Crippen molar-refractivity contribution in [2.45, 2.75) is 71.9 Å². The SMILES string of the molecule is CCCC(C)N(C)CC1CCCC(C)(C)C1O. The van der Waals surface area contributed by atoms with E-state index in [1.165, 1.54) is 32.1 Å². The molecule has 3 atom stereocenters. The molecule has 1 fully saturated rings. The Bertz CT molecular complexity index is 227. The minimum absolute atomic E-state index is 0.109. The van der Waals surface area contributed by atoms with Gasteiger partial charge >= 0.3 is 0 Å². The fourth-order valence-electron chi connectivity index (χ4n) is 3.14. The Hall–Kier alpha value is -0.0800. The summed E-state index contributed by atoms with van der Waals surface area (Å²) in [7, 11) is 2.20. The maximum absolute atomic E-state index is 10.4. The first kappa shape index (κ1) is 15.0. The number of aliphatic hydroxyl groups is 1. The molecule has 0 bridgehead atoms. The van der Waals surface area contributed by atoms with Gasteiger partial charge in [-0.1, -0.05) is 33.6 Å². The molecule has 2 nitrogen and oxygen atoms in total. The van der Waals surface area contributed by atoms with Gasteiger partial charge in [-0.15, -0.1) is 0 Å². The fraction of sp³-hybridized carbons (Fsp3) is 1.00. The summed E-state index contributed by atoms with van der Waals surface area (Å²) < 4.78 is 0. The van der Waals surface area contributed by atoms with Crippen LogP contribution in [0.5, 0.6) is 0 Å². The number of hydrogen-bond acceptors (Lipinski definition) is 2. The molecule has 17 heavy (non-hydrogen) atoms. The molecule has 0 aliphatic heterocycles. The summed E-state index contributed by atoms with van der Waals surface area (Å²) in [5.41, 5.74) is 0.109. The third-order valence-corrected chi connectivity index (χ3v) is 4.62. The van der Waals surface area contributed by atoms with Gasteiger partial charge in [-0.05, 0) is 44.6 Å². The average Bonchev–Trinajstić information content (AvgIpc) is 2.25. The van der Waals surface area contributed by atoms with Gasteiger partial charge in [0, 0.05) is 12.6 Å². The van der Waals surface area contributed by atoms with Gasteiger partial charge < -0.3 is 10.0 Å². The van der Waals surface area contributed by atoms with Crippen molar-refractivity contribution in [1.29, 1.82) is 0 Å². The van der Waals surface area contributed by atoms with Gasteiger partial charge in [-0.2, -0.15) is 0 Å². The van der Waals surface area contributed by atoms with Crippen molar-refractivity contribution in [2.75, 3.05) is 13.6 Å². The summed E-state index contributed by atoms with van der Waals surface area (Å²) in [5, 5.41) is 10.4. The first-order valence-electron chi connectivity index (χ1n) is 7.26. The Labute approximate surface area is 107 Å². The topological polar surface area (TPSA) is 23.5 Å². The van der Waals surface area contributed by atoms with Gasteiger partial charge in [0.1, 0.15) is 0 Å². The van der Waals surface area contributed by atoms with Crippen LogP contribution in [0.25, 0.3) is 0 Å². The van der Waals surface area contributed by atoms with Crippen LogP contribution in [-0.2, 0) is 0 Å². The Kier molecular flexibility index (Phi) is 5.46. The fourth-order valence-corrected chi connectivity index (χ4v) is 3.14. The highest BCUT2D eigenvalue weighted by atomic mass is 16.3. The maximum atomic E-state index is 10.4. The summed E-state index contributed by atoms with van der Waals surface area (Å²) in [4.78, 5) is 2.43. The Morgan fingerprint density at radius 3 is 2.65 bits per heavy atom. The second-order valence-electron chi connectivity index (χ2n) is 6.66. The lowest BCUT2D eigenvalue weighted by molar-refractivity contribution is -0.0438. The molecule has 3 unspecified atom stereocenters. The molecule has 0 radical (unpaired) electrons. The zero-order valence-electron chi connectivity index (χ0n) is 12.4. The van der Waals surface area contributed by atoms with Crippen LogP contribution in [0.3, 0.4) is 0 Å². The van der Waals surface area contributed by atoms with Crippen LogP contribution < -0.4 is 0 Å². The van der Waals surface area contributed by atoms with Gasteiger partial charge in [-0.25, -0.2) is 0 Å². The molecule has 1 saturated carbocycles. The van der Waals surface area contributed by atoms with Crippen molar-refractivity contribution in [3.8, 4) is 0 Å². The monoisotopic (exact) mass is 241 g/mol. The standard InChI is InChI=1S/C15H31NO/c1-6-8-12(2)16(5)11-13-9-7-10-15(3,4)14(13)17/h12-14,17H,6-11H2,1-5H3. The van der Waals surface area contributed by atoms with Crippen molar-refractivity contribution in [2.24, 2.45) is 11.3 Å². The average molecular weight is 241 g/mol. The molecule has 0 aromatic carbocycles. The van der Waals surface area contributed by atoms with E-state index in [-0.39, 0.29) is 11.5 Å². The minimum atomic E-state index is -0.132. The largest absolute Gasteiger partial charge is 0.392 e. The molecular formula is C15H31NO. The van der Waals surface area contributed by atoms with Crippen molar-refractivity contribution >= 4 is 0 Å². The highest BCUT2D eigenvalue weighted by molar-refractivity contribution is 4.89. The normalized spacial score (nSPS) is 30.5. The lowest BCUT2D eigenvalue weighted by Gasteiger charge is -2.43. The van der Waals surface area contributed by atoms with E-state index >= 15 is 0 Å². The molecule has 1 aliphatic rings. The molecule has 102 valence electrons. The predicted octanol–water partition coefficient (Wildman–Crippen LogP) is 3.29. The predicted molar refractivity (Wildman–Crippen MR) is 74.1 cm³/mol. The second-order valence-corrected chi connectivity index (χ2v) is 6.66. The van der Waals surface area contributed by atoms with E-state index in [4.69, 9.17) is 0 Å². The van der Waals surface area contributed by atoms with Crippen LogP contribution in [-0.4, -0.2) is 35.7 Å². The van der Waals surface area contributed by atoms with E-state index in [9.17, 15) is 5.11 Å². The molecular weight excluding hydrogens is 210 g/mol. The molecule has 0 aromatic heterocycles. The molecule has 0 aromatic rings. The van der Waals surface area contributed by atoms with Crippen LogP contribution in [0.4, 0.5) is 0 Å². The Balaban J connectivity index is 2.50. The molecule has 1 N–H and O–H groups in total. The molecule has 1 aliphatic carbocycles. The van der Waals surface area contributed by atoms with E-state index < -0.39 is 0 Å². The highest BCUT2D eigenvalue weighted by Gasteiger charge is 2.38. The first-order valence-corrected chi connectivity index (χ1v) is 7.26. The molecule has 2 heteroatoms. The minimum Gasteiger partial charge on any atom is -0.392 e. The van der Waals surface area contributed by atoms with Crippen molar-refractivity contribution in [3.63, 3.8) is 0 Å². The van der Waals surface area contributed by atoms with Crippen LogP contribution in [0.2, 0.25) is 0 Å². The molecule has 0 heterocycles. The van der Waals surface area contributed by atoms with E-state index in [0.717, 1.165) is 6.54 Å². The highest BCUT2D eigenvalue weighted by Crippen LogP contribution is 2.39. The van der Waals surface area contributed by atoms with Gasteiger partial charge in [0.15, 0.2) is 0 Å². The quantitative estimate of drug-likeness (QED) is 0.798. The molecule has 0 saturated heterocycles. The summed E-state index contributed by atoms with van der Waals surface area (Å²) >= 11 is 0. The van der Waals surface area contributed by atoms with Crippen molar-refractivity contribution in [1.82, 2.24) is 4.90 Å². The summed E-state index contributed by atoms with van der Waals surface area (Å²) in [6.07, 6.45) is 5.98. The Morgan fingerprint density at radius 2 is 2.06 bits per heavy atom. The lowest BCUT2D eigenvalue weighted by Crippen LogP contribution is -2.45. The van der Waals surface area contributed by atoms with Gasteiger partial charge in [0.25, 0.3) is 0 Å². The third kappa shape index (κ3) is 3.96. The van der Waals surface area contributed by atoms with Crippen LogP contribution in [0.15, 0.2) is 0 Å². The molecule has 0 amide bonds. The maximum Gasteiger partial charge on any atom is 0.0631 e. The van der Waals surface area contributed by atoms with E-state index in [2.05, 4.69) is 39.6 Å². The second kappa shape index (κ2) is 6.19. The zero-order chi connectivity index (χ0) is 13.1. The number of rotatable bonds is 5. The summed E-state index contributed by atoms with van der Waals surface area (Å²) in [6, 6.07) is 0.636. The number of nitrogens with zero attached hydrogens (tertiary/aromatic N) is 1. The van der Waals surface area contributed by atoms with Crippen molar-refractivity contribution in [3.05, 3.63) is 0 Å². The summed E-state index contributed by atoms with van der Waals surface area (Å²) in [5.74, 6) is 0.461. The number of aliphatic hydroxyl groups excluding tert-OH is 1. The molecule has 1 rings (SSSR count). The third-order valence-electron chi connectivity index (χ3n) is 4.62. The lowest BCUT2D eigenvalue weighted by atomic mass is 9.69.